The number of nitrogens with one attached hydrogen (secondary N) is 1. The van der Waals surface area contributed by atoms with Crippen LogP contribution in [0.5, 0.6) is 5.75 Å². The lowest BCUT2D eigenvalue weighted by Crippen LogP contribution is -2.33. The average molecular weight is 505 g/mol. The maximum Gasteiger partial charge on any atom is 0.163 e. The summed E-state index contributed by atoms with van der Waals surface area (Å²) in [4.78, 5) is 15.5. The fourth-order valence-electron chi connectivity index (χ4n) is 4.91. The second kappa shape index (κ2) is 13.6. The lowest BCUT2D eigenvalue weighted by atomic mass is 9.90. The molecule has 0 bridgehead atoms. The molecule has 36 heavy (non-hydrogen) atoms. The number of ketones is 1. The van der Waals surface area contributed by atoms with Crippen LogP contribution < -0.4 is 10.1 Å². The summed E-state index contributed by atoms with van der Waals surface area (Å²) >= 11 is 6.07. The van der Waals surface area contributed by atoms with Crippen LogP contribution in [0.4, 0.5) is 0 Å². The summed E-state index contributed by atoms with van der Waals surface area (Å²) in [5.41, 5.74) is 3.18. The molecule has 5 heteroatoms. The number of hydrogen-bond donors (Lipinski definition) is 1. The Kier molecular flexibility index (Phi) is 9.97. The molecule has 4 nitrogen and oxygen atoms in total. The van der Waals surface area contributed by atoms with Gasteiger partial charge in [-0.05, 0) is 87.3 Å². The molecular formula is C31H37ClN2O2. The summed E-state index contributed by atoms with van der Waals surface area (Å²) in [5.74, 6) is 1.55. The first-order valence-corrected chi connectivity index (χ1v) is 13.4. The van der Waals surface area contributed by atoms with E-state index in [1.807, 2.05) is 55.6 Å². The van der Waals surface area contributed by atoms with Gasteiger partial charge in [-0.3, -0.25) is 9.69 Å². The standard InChI is InChI=1S/C31H37ClN2O2/c1-33-19-16-31(26-11-13-28(32)14-12-26)36-29-9-5-8-27(22-29)30(35)15-10-24-17-20-34(21-18-24)23-25-6-3-2-4-7-25/h2-9,11-14,22,24,31,33H,10,15-21,23H2,1H3. The zero-order valence-electron chi connectivity index (χ0n) is 21.2. The summed E-state index contributed by atoms with van der Waals surface area (Å²) < 4.78 is 6.35. The number of ether oxygens (including phenoxy) is 1. The molecule has 1 aliphatic heterocycles. The number of hydrogen-bond acceptors (Lipinski definition) is 4. The Labute approximate surface area is 220 Å². The van der Waals surface area contributed by atoms with E-state index in [1.54, 1.807) is 0 Å². The molecular weight excluding hydrogens is 468 g/mol. The molecule has 0 saturated carbocycles. The Hall–Kier alpha value is -2.66. The molecule has 0 spiro atoms. The van der Waals surface area contributed by atoms with Crippen molar-refractivity contribution in [3.63, 3.8) is 0 Å². The molecule has 0 radical (unpaired) electrons. The van der Waals surface area contributed by atoms with Gasteiger partial charge in [-0.25, -0.2) is 0 Å². The van der Waals surface area contributed by atoms with E-state index in [1.165, 1.54) is 5.56 Å². The summed E-state index contributed by atoms with van der Waals surface area (Å²) in [6.45, 7) is 4.06. The van der Waals surface area contributed by atoms with Crippen LogP contribution in [0.1, 0.15) is 59.7 Å². The lowest BCUT2D eigenvalue weighted by molar-refractivity contribution is 0.0960. The minimum absolute atomic E-state index is 0.110. The lowest BCUT2D eigenvalue weighted by Gasteiger charge is -2.32. The molecule has 4 rings (SSSR count). The van der Waals surface area contributed by atoms with Crippen LogP contribution >= 0.6 is 11.6 Å². The molecule has 1 aliphatic rings. The number of nitrogens with zero attached hydrogens (tertiary/aromatic N) is 1. The number of carbonyl (C=O) groups excluding carboxylic acids is 1. The van der Waals surface area contributed by atoms with Crippen molar-refractivity contribution in [1.82, 2.24) is 10.2 Å². The Balaban J connectivity index is 1.28. The Morgan fingerprint density at radius 2 is 1.78 bits per heavy atom. The smallest absolute Gasteiger partial charge is 0.163 e. The Bertz CT molecular complexity index is 1080. The third kappa shape index (κ3) is 7.92. The fourth-order valence-corrected chi connectivity index (χ4v) is 5.03. The number of halogens is 1. The third-order valence-corrected chi connectivity index (χ3v) is 7.32. The van der Waals surface area contributed by atoms with Gasteiger partial charge in [0.15, 0.2) is 5.78 Å². The molecule has 1 heterocycles. The molecule has 1 atom stereocenters. The van der Waals surface area contributed by atoms with Crippen molar-refractivity contribution in [2.24, 2.45) is 5.92 Å². The number of carbonyl (C=O) groups is 1. The van der Waals surface area contributed by atoms with Gasteiger partial charge in [0.25, 0.3) is 0 Å². The summed E-state index contributed by atoms with van der Waals surface area (Å²) in [7, 11) is 1.94. The predicted molar refractivity (Wildman–Crippen MR) is 148 cm³/mol. The van der Waals surface area contributed by atoms with Gasteiger partial charge in [0, 0.05) is 30.0 Å². The first-order valence-electron chi connectivity index (χ1n) is 13.1. The molecule has 0 aliphatic carbocycles. The molecule has 3 aromatic rings. The van der Waals surface area contributed by atoms with Crippen molar-refractivity contribution in [2.45, 2.75) is 44.8 Å². The highest BCUT2D eigenvalue weighted by Gasteiger charge is 2.21. The highest BCUT2D eigenvalue weighted by Crippen LogP contribution is 2.28. The average Bonchev–Trinajstić information content (AvgIpc) is 2.92. The first-order chi connectivity index (χ1) is 17.6. The number of likely N-dealkylation sites (tertiary alicyclic amines) is 1. The summed E-state index contributed by atoms with van der Waals surface area (Å²) in [5, 5.41) is 3.90. The highest BCUT2D eigenvalue weighted by atomic mass is 35.5. The molecule has 1 unspecified atom stereocenters. The van der Waals surface area contributed by atoms with E-state index in [4.69, 9.17) is 16.3 Å². The van der Waals surface area contributed by atoms with Crippen molar-refractivity contribution >= 4 is 17.4 Å². The molecule has 3 aromatic carbocycles. The van der Waals surface area contributed by atoms with Crippen LogP contribution in [-0.2, 0) is 6.54 Å². The highest BCUT2D eigenvalue weighted by molar-refractivity contribution is 6.30. The fraction of sp³-hybridized carbons (Fsp3) is 0.387. The maximum atomic E-state index is 13.0. The van der Waals surface area contributed by atoms with E-state index in [0.29, 0.717) is 17.4 Å². The van der Waals surface area contributed by atoms with E-state index >= 15 is 0 Å². The van der Waals surface area contributed by atoms with Crippen LogP contribution in [-0.4, -0.2) is 37.4 Å². The van der Waals surface area contributed by atoms with Crippen molar-refractivity contribution < 1.29 is 9.53 Å². The summed E-state index contributed by atoms with van der Waals surface area (Å²) in [6.07, 6.45) is 4.58. The number of piperidine rings is 1. The topological polar surface area (TPSA) is 41.6 Å². The minimum atomic E-state index is -0.110. The first kappa shape index (κ1) is 26.4. The van der Waals surface area contributed by atoms with E-state index < -0.39 is 0 Å². The van der Waals surface area contributed by atoms with Crippen molar-refractivity contribution in [3.8, 4) is 5.75 Å². The minimum Gasteiger partial charge on any atom is -0.486 e. The largest absolute Gasteiger partial charge is 0.486 e. The molecule has 1 N–H and O–H groups in total. The second-order valence-electron chi connectivity index (χ2n) is 9.75. The SMILES string of the molecule is CNCCC(Oc1cccc(C(=O)CCC2CCN(Cc3ccccc3)CC2)c1)c1ccc(Cl)cc1. The van der Waals surface area contributed by atoms with Crippen LogP contribution in [0.25, 0.3) is 0 Å². The van der Waals surface area contributed by atoms with Gasteiger partial charge in [-0.2, -0.15) is 0 Å². The van der Waals surface area contributed by atoms with E-state index in [0.717, 1.165) is 68.7 Å². The van der Waals surface area contributed by atoms with Crippen LogP contribution in [0, 0.1) is 5.92 Å². The van der Waals surface area contributed by atoms with Gasteiger partial charge in [-0.15, -0.1) is 0 Å². The molecule has 190 valence electrons. The molecule has 1 fully saturated rings. The zero-order chi connectivity index (χ0) is 25.2. The predicted octanol–water partition coefficient (Wildman–Crippen LogP) is 6.94. The van der Waals surface area contributed by atoms with Crippen molar-refractivity contribution in [2.75, 3.05) is 26.7 Å². The molecule has 0 amide bonds. The van der Waals surface area contributed by atoms with Gasteiger partial charge in [0.05, 0.1) is 0 Å². The van der Waals surface area contributed by atoms with Crippen molar-refractivity contribution in [1.29, 1.82) is 0 Å². The van der Waals surface area contributed by atoms with E-state index in [9.17, 15) is 4.79 Å². The van der Waals surface area contributed by atoms with Gasteiger partial charge >= 0.3 is 0 Å². The van der Waals surface area contributed by atoms with Crippen LogP contribution in [0.15, 0.2) is 78.9 Å². The van der Waals surface area contributed by atoms with Crippen LogP contribution in [0.3, 0.4) is 0 Å². The van der Waals surface area contributed by atoms with Gasteiger partial charge in [0.1, 0.15) is 11.9 Å². The van der Waals surface area contributed by atoms with Gasteiger partial charge < -0.3 is 10.1 Å². The molecule has 0 aromatic heterocycles. The van der Waals surface area contributed by atoms with E-state index in [2.05, 4.69) is 40.5 Å². The van der Waals surface area contributed by atoms with Crippen molar-refractivity contribution in [3.05, 3.63) is 101 Å². The normalized spacial score (nSPS) is 15.5. The second-order valence-corrected chi connectivity index (χ2v) is 10.2. The quantitative estimate of drug-likeness (QED) is 0.271. The number of rotatable bonds is 12. The maximum absolute atomic E-state index is 13.0. The molecule has 1 saturated heterocycles. The third-order valence-electron chi connectivity index (χ3n) is 7.07. The monoisotopic (exact) mass is 504 g/mol. The zero-order valence-corrected chi connectivity index (χ0v) is 21.9. The Morgan fingerprint density at radius 1 is 1.03 bits per heavy atom. The van der Waals surface area contributed by atoms with Crippen LogP contribution in [0.2, 0.25) is 5.02 Å². The number of benzene rings is 3. The van der Waals surface area contributed by atoms with Gasteiger partial charge in [-0.1, -0.05) is 66.2 Å². The Morgan fingerprint density at radius 3 is 2.50 bits per heavy atom. The summed E-state index contributed by atoms with van der Waals surface area (Å²) in [6, 6.07) is 26.1. The van der Waals surface area contributed by atoms with Gasteiger partial charge in [0.2, 0.25) is 0 Å². The van der Waals surface area contributed by atoms with E-state index in [-0.39, 0.29) is 11.9 Å². The number of Topliss-reactive ketones (excluding diaryl/α,β-unsaturated/α-hetero) is 1.